The molecule has 0 saturated carbocycles. The SMILES string of the molecule is CCC(C)C(=O)OC1CC(C)(C)[N+](=O)C(C)(C)C1. The van der Waals surface area contributed by atoms with Crippen LogP contribution in [0.1, 0.15) is 60.8 Å². The molecule has 1 saturated heterocycles. The fraction of sp³-hybridized carbons (Fsp3) is 0.929. The van der Waals surface area contributed by atoms with Crippen LogP contribution in [0.5, 0.6) is 0 Å². The Morgan fingerprint density at radius 3 is 2.11 bits per heavy atom. The Kier molecular flexibility index (Phi) is 4.19. The van der Waals surface area contributed by atoms with Crippen LogP contribution in [0.3, 0.4) is 0 Å². The summed E-state index contributed by atoms with van der Waals surface area (Å²) in [4.78, 5) is 24.0. The number of rotatable bonds is 3. The van der Waals surface area contributed by atoms with E-state index in [1.165, 1.54) is 0 Å². The zero-order valence-corrected chi connectivity index (χ0v) is 12.4. The summed E-state index contributed by atoms with van der Waals surface area (Å²) in [6.45, 7) is 11.5. The first-order valence-corrected chi connectivity index (χ1v) is 6.78. The summed E-state index contributed by atoms with van der Waals surface area (Å²) in [5, 5.41) is 0. The van der Waals surface area contributed by atoms with Crippen LogP contribution in [-0.2, 0) is 9.53 Å². The van der Waals surface area contributed by atoms with Crippen molar-refractivity contribution in [3.05, 3.63) is 4.91 Å². The largest absolute Gasteiger partial charge is 0.462 e. The summed E-state index contributed by atoms with van der Waals surface area (Å²) in [5.74, 6) is -0.213. The van der Waals surface area contributed by atoms with Crippen molar-refractivity contribution >= 4 is 5.97 Å². The number of hydrogen-bond donors (Lipinski definition) is 0. The van der Waals surface area contributed by atoms with Gasteiger partial charge < -0.3 is 4.74 Å². The van der Waals surface area contributed by atoms with Gasteiger partial charge in [-0.05, 0) is 6.42 Å². The highest BCUT2D eigenvalue weighted by Gasteiger charge is 2.54. The molecule has 1 heterocycles. The zero-order valence-electron chi connectivity index (χ0n) is 12.4. The number of nitroso groups, excluding NO2 is 1. The molecular weight excluding hydrogens is 230 g/mol. The van der Waals surface area contributed by atoms with Crippen LogP contribution in [0.2, 0.25) is 0 Å². The van der Waals surface area contributed by atoms with Gasteiger partial charge in [0.25, 0.3) is 0 Å². The lowest BCUT2D eigenvalue weighted by Gasteiger charge is -2.36. The second kappa shape index (κ2) is 4.98. The van der Waals surface area contributed by atoms with Crippen LogP contribution < -0.4 is 0 Å². The van der Waals surface area contributed by atoms with Crippen molar-refractivity contribution < 1.29 is 14.3 Å². The van der Waals surface area contributed by atoms with Gasteiger partial charge in [-0.15, -0.1) is 0 Å². The molecule has 104 valence electrons. The topological polar surface area (TPSA) is 46.4 Å². The highest BCUT2D eigenvalue weighted by molar-refractivity contribution is 5.72. The van der Waals surface area contributed by atoms with E-state index in [0.29, 0.717) is 12.8 Å². The van der Waals surface area contributed by atoms with Crippen LogP contribution in [0, 0.1) is 10.8 Å². The lowest BCUT2D eigenvalue weighted by Crippen LogP contribution is -2.56. The molecule has 1 aliphatic rings. The van der Waals surface area contributed by atoms with Gasteiger partial charge >= 0.3 is 5.97 Å². The maximum Gasteiger partial charge on any atom is 0.308 e. The molecule has 1 fully saturated rings. The minimum atomic E-state index is -0.484. The number of carbonyl (C=O) groups is 1. The van der Waals surface area contributed by atoms with Crippen molar-refractivity contribution in [2.45, 2.75) is 78.0 Å². The standard InChI is InChI=1S/C14H26NO3/c1-7-10(2)12(16)18-11-8-13(3,4)15(17)14(5,6)9-11/h10-11H,7-9H2,1-6H3/q+1. The summed E-state index contributed by atoms with van der Waals surface area (Å²) in [7, 11) is 0. The normalized spacial score (nSPS) is 24.7. The average molecular weight is 256 g/mol. The number of piperidine rings is 1. The molecule has 0 aliphatic carbocycles. The molecule has 0 amide bonds. The lowest BCUT2D eigenvalue weighted by atomic mass is 9.80. The highest BCUT2D eigenvalue weighted by atomic mass is 16.5. The van der Waals surface area contributed by atoms with E-state index < -0.39 is 11.1 Å². The van der Waals surface area contributed by atoms with Crippen molar-refractivity contribution in [3.63, 3.8) is 0 Å². The van der Waals surface area contributed by atoms with E-state index in [4.69, 9.17) is 4.74 Å². The summed E-state index contributed by atoms with van der Waals surface area (Å²) in [5.41, 5.74) is -0.968. The second-order valence-electron chi connectivity index (χ2n) is 6.70. The van der Waals surface area contributed by atoms with Gasteiger partial charge in [-0.1, -0.05) is 13.8 Å². The lowest BCUT2D eigenvalue weighted by molar-refractivity contribution is -0.695. The maximum atomic E-state index is 12.2. The molecule has 0 N–H and O–H groups in total. The molecule has 0 bridgehead atoms. The monoisotopic (exact) mass is 256 g/mol. The summed E-state index contributed by atoms with van der Waals surface area (Å²) < 4.78 is 6.71. The predicted octanol–water partition coefficient (Wildman–Crippen LogP) is 3.07. The molecule has 0 spiro atoms. The van der Waals surface area contributed by atoms with E-state index in [1.807, 2.05) is 41.5 Å². The summed E-state index contributed by atoms with van der Waals surface area (Å²) >= 11 is 0. The van der Waals surface area contributed by atoms with E-state index in [0.717, 1.165) is 11.2 Å². The second-order valence-corrected chi connectivity index (χ2v) is 6.70. The van der Waals surface area contributed by atoms with Gasteiger partial charge in [0.1, 0.15) is 6.10 Å². The Labute approximate surface area is 110 Å². The first-order valence-electron chi connectivity index (χ1n) is 6.78. The molecule has 4 nitrogen and oxygen atoms in total. The molecule has 1 aliphatic heterocycles. The average Bonchev–Trinajstić information content (AvgIpc) is 2.23. The van der Waals surface area contributed by atoms with Crippen LogP contribution in [0.25, 0.3) is 0 Å². The van der Waals surface area contributed by atoms with Crippen molar-refractivity contribution in [1.82, 2.24) is 0 Å². The van der Waals surface area contributed by atoms with E-state index in [2.05, 4.69) is 0 Å². The van der Waals surface area contributed by atoms with Gasteiger partial charge in [-0.3, -0.25) is 4.79 Å². The third-order valence-corrected chi connectivity index (χ3v) is 3.85. The van der Waals surface area contributed by atoms with Crippen LogP contribution in [-0.4, -0.2) is 27.9 Å². The minimum Gasteiger partial charge on any atom is -0.462 e. The smallest absolute Gasteiger partial charge is 0.308 e. The maximum absolute atomic E-state index is 12.2. The van der Waals surface area contributed by atoms with Gasteiger partial charge in [0.05, 0.1) is 18.8 Å². The Bertz CT molecular complexity index is 327. The Hall–Kier alpha value is -0.930. The van der Waals surface area contributed by atoms with E-state index in [9.17, 15) is 9.70 Å². The molecule has 1 unspecified atom stereocenters. The molecule has 1 rings (SSSR count). The van der Waals surface area contributed by atoms with E-state index >= 15 is 0 Å². The minimum absolute atomic E-state index is 0.0681. The third kappa shape index (κ3) is 3.09. The van der Waals surface area contributed by atoms with Crippen LogP contribution in [0.4, 0.5) is 0 Å². The quantitative estimate of drug-likeness (QED) is 0.576. The van der Waals surface area contributed by atoms with Gasteiger partial charge in [0.2, 0.25) is 11.1 Å². The van der Waals surface area contributed by atoms with Gasteiger partial charge in [0, 0.05) is 37.4 Å². The van der Waals surface area contributed by atoms with Gasteiger partial charge in [-0.2, -0.15) is 0 Å². The number of hydrogen-bond acceptors (Lipinski definition) is 3. The summed E-state index contributed by atoms with van der Waals surface area (Å²) in [6.07, 6.45) is 1.83. The van der Waals surface area contributed by atoms with E-state index in [-0.39, 0.29) is 18.0 Å². The van der Waals surface area contributed by atoms with Gasteiger partial charge in [-0.25, -0.2) is 0 Å². The third-order valence-electron chi connectivity index (χ3n) is 3.85. The number of carbonyl (C=O) groups excluding carboxylic acids is 1. The first kappa shape index (κ1) is 15.1. The van der Waals surface area contributed by atoms with Crippen molar-refractivity contribution in [3.8, 4) is 0 Å². The fourth-order valence-corrected chi connectivity index (χ4v) is 2.70. The molecule has 0 aromatic carbocycles. The molecule has 0 aromatic rings. The Balaban J connectivity index is 2.76. The Morgan fingerprint density at radius 1 is 1.28 bits per heavy atom. The number of ether oxygens (including phenoxy) is 1. The molecular formula is C14H26NO3+. The van der Waals surface area contributed by atoms with Crippen molar-refractivity contribution in [1.29, 1.82) is 0 Å². The molecule has 4 heteroatoms. The van der Waals surface area contributed by atoms with Crippen LogP contribution >= 0.6 is 0 Å². The van der Waals surface area contributed by atoms with Crippen molar-refractivity contribution in [2.75, 3.05) is 0 Å². The molecule has 0 aromatic heterocycles. The summed E-state index contributed by atoms with van der Waals surface area (Å²) in [6, 6.07) is 0. The predicted molar refractivity (Wildman–Crippen MR) is 70.4 cm³/mol. The van der Waals surface area contributed by atoms with Crippen molar-refractivity contribution in [2.24, 2.45) is 5.92 Å². The molecule has 18 heavy (non-hydrogen) atoms. The van der Waals surface area contributed by atoms with Gasteiger partial charge in [0.15, 0.2) is 0 Å². The van der Waals surface area contributed by atoms with E-state index in [1.54, 1.807) is 0 Å². The Morgan fingerprint density at radius 2 is 1.72 bits per heavy atom. The van der Waals surface area contributed by atoms with Crippen LogP contribution in [0.15, 0.2) is 0 Å². The first-order chi connectivity index (χ1) is 8.10. The zero-order chi connectivity index (χ0) is 14.1. The highest BCUT2D eigenvalue weighted by Crippen LogP contribution is 2.35. The molecule has 1 atom stereocenters. The number of esters is 1. The number of nitrogens with zero attached hydrogens (tertiary/aromatic N) is 1. The molecule has 0 radical (unpaired) electrons. The fourth-order valence-electron chi connectivity index (χ4n) is 2.70.